The number of methoxy groups -OCH3 is 1. The maximum atomic E-state index is 11.1. The molecule has 4 heteroatoms. The minimum absolute atomic E-state index is 0.263. The van der Waals surface area contributed by atoms with E-state index >= 15 is 0 Å². The van der Waals surface area contributed by atoms with Crippen LogP contribution in [0.4, 0.5) is 0 Å². The number of carbonyl (C=O) groups is 2. The van der Waals surface area contributed by atoms with E-state index in [4.69, 9.17) is 0 Å². The fourth-order valence-corrected chi connectivity index (χ4v) is 0.839. The lowest BCUT2D eigenvalue weighted by Crippen LogP contribution is -2.15. The average molecular weight is 167 g/mol. The quantitative estimate of drug-likeness (QED) is 0.400. The van der Waals surface area contributed by atoms with Gasteiger partial charge in [-0.1, -0.05) is 0 Å². The molecular formula is C8H9NO3. The van der Waals surface area contributed by atoms with Crippen LogP contribution < -0.4 is 0 Å². The molecule has 0 saturated carbocycles. The number of H-pyrrole nitrogens is 1. The van der Waals surface area contributed by atoms with E-state index in [2.05, 4.69) is 9.72 Å². The first-order valence-electron chi connectivity index (χ1n) is 3.43. The van der Waals surface area contributed by atoms with Gasteiger partial charge in [0.15, 0.2) is 0 Å². The van der Waals surface area contributed by atoms with Gasteiger partial charge in [0, 0.05) is 5.69 Å². The lowest BCUT2D eigenvalue weighted by atomic mass is 10.3. The van der Waals surface area contributed by atoms with Crippen molar-refractivity contribution < 1.29 is 14.3 Å². The van der Waals surface area contributed by atoms with Crippen molar-refractivity contribution in [3.8, 4) is 0 Å². The second kappa shape index (κ2) is 3.21. The van der Waals surface area contributed by atoms with Crippen LogP contribution in [0.15, 0.2) is 12.1 Å². The third-order valence-electron chi connectivity index (χ3n) is 1.45. The van der Waals surface area contributed by atoms with E-state index in [0.717, 1.165) is 5.69 Å². The van der Waals surface area contributed by atoms with E-state index in [1.165, 1.54) is 7.11 Å². The molecule has 0 atom stereocenters. The molecule has 0 spiro atoms. The number of esters is 1. The first-order valence-corrected chi connectivity index (χ1v) is 3.43. The molecular weight excluding hydrogens is 158 g/mol. The summed E-state index contributed by atoms with van der Waals surface area (Å²) in [7, 11) is 1.18. The van der Waals surface area contributed by atoms with E-state index in [1.54, 1.807) is 19.1 Å². The number of aromatic amines is 1. The molecule has 0 saturated heterocycles. The fraction of sp³-hybridized carbons (Fsp3) is 0.250. The second-order valence-electron chi connectivity index (χ2n) is 2.38. The lowest BCUT2D eigenvalue weighted by molar-refractivity contribution is -0.135. The van der Waals surface area contributed by atoms with Crippen LogP contribution in [0.2, 0.25) is 0 Å². The Labute approximate surface area is 69.5 Å². The van der Waals surface area contributed by atoms with Crippen molar-refractivity contribution in [3.63, 3.8) is 0 Å². The molecule has 64 valence electrons. The summed E-state index contributed by atoms with van der Waals surface area (Å²) in [6.07, 6.45) is 0. The molecule has 0 fully saturated rings. The number of carbonyl (C=O) groups excluding carboxylic acids is 2. The van der Waals surface area contributed by atoms with Crippen LogP contribution in [0.1, 0.15) is 16.2 Å². The summed E-state index contributed by atoms with van der Waals surface area (Å²) >= 11 is 0. The third kappa shape index (κ3) is 1.53. The number of ether oxygens (including phenoxy) is 1. The number of Topliss-reactive ketones (excluding diaryl/α,β-unsaturated/α-hetero) is 1. The van der Waals surface area contributed by atoms with Crippen molar-refractivity contribution in [1.82, 2.24) is 4.98 Å². The average Bonchev–Trinajstić information content (AvgIpc) is 2.49. The summed E-state index contributed by atoms with van der Waals surface area (Å²) in [5, 5.41) is 0. The third-order valence-corrected chi connectivity index (χ3v) is 1.45. The SMILES string of the molecule is COC(=O)C(=O)c1ccc(C)[nH]1. The van der Waals surface area contributed by atoms with Gasteiger partial charge < -0.3 is 9.72 Å². The van der Waals surface area contributed by atoms with Crippen LogP contribution in [0.3, 0.4) is 0 Å². The molecule has 12 heavy (non-hydrogen) atoms. The van der Waals surface area contributed by atoms with Gasteiger partial charge in [-0.3, -0.25) is 4.79 Å². The summed E-state index contributed by atoms with van der Waals surface area (Å²) in [5.74, 6) is -1.50. The zero-order valence-corrected chi connectivity index (χ0v) is 6.88. The number of ketones is 1. The number of aromatic nitrogens is 1. The van der Waals surface area contributed by atoms with E-state index in [9.17, 15) is 9.59 Å². The van der Waals surface area contributed by atoms with Crippen molar-refractivity contribution in [2.75, 3.05) is 7.11 Å². The number of hydrogen-bond donors (Lipinski definition) is 1. The minimum Gasteiger partial charge on any atom is -0.463 e. The zero-order chi connectivity index (χ0) is 9.14. The standard InChI is InChI=1S/C8H9NO3/c1-5-3-4-6(9-5)7(10)8(11)12-2/h3-4,9H,1-2H3. The Morgan fingerprint density at radius 1 is 1.42 bits per heavy atom. The summed E-state index contributed by atoms with van der Waals surface area (Å²) in [5.41, 5.74) is 1.10. The normalized spacial score (nSPS) is 9.50. The van der Waals surface area contributed by atoms with Crippen LogP contribution >= 0.6 is 0 Å². The number of hydrogen-bond acceptors (Lipinski definition) is 3. The van der Waals surface area contributed by atoms with Gasteiger partial charge in [-0.25, -0.2) is 4.79 Å². The minimum atomic E-state index is -0.850. The lowest BCUT2D eigenvalue weighted by Gasteiger charge is -1.94. The Hall–Kier alpha value is -1.58. The Balaban J connectivity index is 2.85. The smallest absolute Gasteiger partial charge is 0.380 e. The molecule has 0 aliphatic rings. The van der Waals surface area contributed by atoms with Gasteiger partial charge in [0.2, 0.25) is 0 Å². The molecule has 0 amide bonds. The maximum absolute atomic E-state index is 11.1. The summed E-state index contributed by atoms with van der Waals surface area (Å²) in [6, 6.07) is 3.27. The molecule has 0 bridgehead atoms. The van der Waals surface area contributed by atoms with Crippen molar-refractivity contribution in [2.45, 2.75) is 6.92 Å². The highest BCUT2D eigenvalue weighted by atomic mass is 16.5. The predicted octanol–water partition coefficient (Wildman–Crippen LogP) is 0.679. The molecule has 0 aromatic carbocycles. The Morgan fingerprint density at radius 3 is 2.50 bits per heavy atom. The molecule has 1 rings (SSSR count). The highest BCUT2D eigenvalue weighted by molar-refractivity contribution is 6.40. The first-order chi connectivity index (χ1) is 5.65. The topological polar surface area (TPSA) is 59.2 Å². The Kier molecular flexibility index (Phi) is 2.28. The number of nitrogens with one attached hydrogen (secondary N) is 1. The van der Waals surface area contributed by atoms with Crippen molar-refractivity contribution in [1.29, 1.82) is 0 Å². The molecule has 0 aliphatic carbocycles. The molecule has 1 heterocycles. The molecule has 1 aromatic heterocycles. The molecule has 0 aliphatic heterocycles. The van der Waals surface area contributed by atoms with Crippen LogP contribution in [0.5, 0.6) is 0 Å². The summed E-state index contributed by atoms with van der Waals surface area (Å²) < 4.78 is 4.27. The monoisotopic (exact) mass is 167 g/mol. The predicted molar refractivity (Wildman–Crippen MR) is 41.9 cm³/mol. The number of rotatable bonds is 2. The molecule has 1 N–H and O–H groups in total. The van der Waals surface area contributed by atoms with E-state index in [1.807, 2.05) is 0 Å². The van der Waals surface area contributed by atoms with Crippen LogP contribution in [0.25, 0.3) is 0 Å². The summed E-state index contributed by atoms with van der Waals surface area (Å²) in [4.78, 5) is 24.6. The van der Waals surface area contributed by atoms with Crippen LogP contribution in [0, 0.1) is 6.92 Å². The molecule has 0 unspecified atom stereocenters. The maximum Gasteiger partial charge on any atom is 0.380 e. The van der Waals surface area contributed by atoms with Crippen LogP contribution in [-0.4, -0.2) is 23.8 Å². The molecule has 0 radical (unpaired) electrons. The molecule has 1 aromatic rings. The first kappa shape index (κ1) is 8.52. The van der Waals surface area contributed by atoms with E-state index < -0.39 is 11.8 Å². The fourth-order valence-electron chi connectivity index (χ4n) is 0.839. The van der Waals surface area contributed by atoms with Gasteiger partial charge in [-0.15, -0.1) is 0 Å². The van der Waals surface area contributed by atoms with Gasteiger partial charge in [-0.2, -0.15) is 0 Å². The summed E-state index contributed by atoms with van der Waals surface area (Å²) in [6.45, 7) is 1.80. The Bertz CT molecular complexity index is 314. The highest BCUT2D eigenvalue weighted by Gasteiger charge is 2.17. The van der Waals surface area contributed by atoms with Gasteiger partial charge in [0.25, 0.3) is 5.78 Å². The van der Waals surface area contributed by atoms with Crippen molar-refractivity contribution in [2.24, 2.45) is 0 Å². The zero-order valence-electron chi connectivity index (χ0n) is 6.88. The van der Waals surface area contributed by atoms with Crippen molar-refractivity contribution in [3.05, 3.63) is 23.5 Å². The van der Waals surface area contributed by atoms with Gasteiger partial charge >= 0.3 is 5.97 Å². The van der Waals surface area contributed by atoms with Gasteiger partial charge in [0.05, 0.1) is 12.8 Å². The van der Waals surface area contributed by atoms with Gasteiger partial charge in [0.1, 0.15) is 0 Å². The largest absolute Gasteiger partial charge is 0.463 e. The van der Waals surface area contributed by atoms with Gasteiger partial charge in [-0.05, 0) is 19.1 Å². The highest BCUT2D eigenvalue weighted by Crippen LogP contribution is 2.01. The van der Waals surface area contributed by atoms with E-state index in [-0.39, 0.29) is 5.69 Å². The molecule has 4 nitrogen and oxygen atoms in total. The van der Waals surface area contributed by atoms with E-state index in [0.29, 0.717) is 0 Å². The number of aryl methyl sites for hydroxylation is 1. The van der Waals surface area contributed by atoms with Crippen LogP contribution in [-0.2, 0) is 9.53 Å². The van der Waals surface area contributed by atoms with Crippen molar-refractivity contribution >= 4 is 11.8 Å². The second-order valence-corrected chi connectivity index (χ2v) is 2.38. The Morgan fingerprint density at radius 2 is 2.08 bits per heavy atom.